The van der Waals surface area contributed by atoms with E-state index in [1.54, 1.807) is 47.0 Å². The van der Waals surface area contributed by atoms with E-state index >= 15 is 0 Å². The topological polar surface area (TPSA) is 58.6 Å². The zero-order valence-electron chi connectivity index (χ0n) is 12.9. The molecule has 116 valence electrons. The fourth-order valence-corrected chi connectivity index (χ4v) is 1.89. The molecule has 0 aliphatic rings. The number of nitrogens with zero attached hydrogens (tertiary/aromatic N) is 1. The van der Waals surface area contributed by atoms with Crippen molar-refractivity contribution >= 4 is 27.9 Å². The van der Waals surface area contributed by atoms with Crippen LogP contribution in [0.25, 0.3) is 0 Å². The smallest absolute Gasteiger partial charge is 0.408 e. The fraction of sp³-hybridized carbons (Fsp3) is 0.467. The molecule has 1 aromatic carbocycles. The Kier molecular flexibility index (Phi) is 5.78. The SMILES string of the molecule is CN(C)C(=O)[C@H](NC(=O)OC(C)(C)C)c1ccc(Br)cc1. The van der Waals surface area contributed by atoms with Crippen molar-refractivity contribution in [3.8, 4) is 0 Å². The Morgan fingerprint density at radius 2 is 1.71 bits per heavy atom. The van der Waals surface area contributed by atoms with Crippen LogP contribution in [0.4, 0.5) is 4.79 Å². The Balaban J connectivity index is 2.96. The Morgan fingerprint density at radius 1 is 1.19 bits per heavy atom. The first-order chi connectivity index (χ1) is 9.60. The van der Waals surface area contributed by atoms with Crippen molar-refractivity contribution < 1.29 is 14.3 Å². The van der Waals surface area contributed by atoms with Gasteiger partial charge in [0.05, 0.1) is 0 Å². The second-order valence-electron chi connectivity index (χ2n) is 5.86. The van der Waals surface area contributed by atoms with Crippen LogP contribution < -0.4 is 5.32 Å². The van der Waals surface area contributed by atoms with Gasteiger partial charge >= 0.3 is 6.09 Å². The Hall–Kier alpha value is -1.56. The van der Waals surface area contributed by atoms with Crippen molar-refractivity contribution in [2.75, 3.05) is 14.1 Å². The molecule has 0 radical (unpaired) electrons. The predicted molar refractivity (Wildman–Crippen MR) is 84.9 cm³/mol. The summed E-state index contributed by atoms with van der Waals surface area (Å²) in [7, 11) is 3.29. The first-order valence-electron chi connectivity index (χ1n) is 6.56. The minimum absolute atomic E-state index is 0.219. The van der Waals surface area contributed by atoms with Crippen molar-refractivity contribution in [2.24, 2.45) is 0 Å². The van der Waals surface area contributed by atoms with Gasteiger partial charge in [-0.25, -0.2) is 4.79 Å². The van der Waals surface area contributed by atoms with E-state index < -0.39 is 17.7 Å². The third-order valence-electron chi connectivity index (χ3n) is 2.55. The number of nitrogens with one attached hydrogen (secondary N) is 1. The van der Waals surface area contributed by atoms with E-state index in [0.29, 0.717) is 5.56 Å². The Morgan fingerprint density at radius 3 is 2.14 bits per heavy atom. The number of hydrogen-bond acceptors (Lipinski definition) is 3. The molecule has 0 aliphatic heterocycles. The molecule has 0 aliphatic carbocycles. The summed E-state index contributed by atoms with van der Waals surface area (Å²) in [6.07, 6.45) is -0.620. The zero-order chi connectivity index (χ0) is 16.2. The molecule has 21 heavy (non-hydrogen) atoms. The zero-order valence-corrected chi connectivity index (χ0v) is 14.5. The van der Waals surface area contributed by atoms with Gasteiger partial charge in [-0.1, -0.05) is 28.1 Å². The van der Waals surface area contributed by atoms with Gasteiger partial charge in [0.2, 0.25) is 5.91 Å². The van der Waals surface area contributed by atoms with Crippen LogP contribution in [0.15, 0.2) is 28.7 Å². The molecule has 5 nitrogen and oxygen atoms in total. The first-order valence-corrected chi connectivity index (χ1v) is 7.35. The average Bonchev–Trinajstić information content (AvgIpc) is 2.34. The molecule has 1 atom stereocenters. The molecule has 1 N–H and O–H groups in total. The number of carbonyl (C=O) groups excluding carboxylic acids is 2. The molecular weight excluding hydrogens is 336 g/mol. The summed E-state index contributed by atoms with van der Waals surface area (Å²) >= 11 is 3.34. The molecule has 0 bridgehead atoms. The van der Waals surface area contributed by atoms with Crippen molar-refractivity contribution in [2.45, 2.75) is 32.4 Å². The number of likely N-dealkylation sites (N-methyl/N-ethyl adjacent to an activating group) is 1. The maximum Gasteiger partial charge on any atom is 0.408 e. The number of alkyl carbamates (subject to hydrolysis) is 1. The second-order valence-corrected chi connectivity index (χ2v) is 6.78. The van der Waals surface area contributed by atoms with Crippen LogP contribution in [0.1, 0.15) is 32.4 Å². The number of ether oxygens (including phenoxy) is 1. The molecule has 1 aromatic rings. The Bertz CT molecular complexity index is 507. The maximum atomic E-state index is 12.3. The second kappa shape index (κ2) is 6.93. The lowest BCUT2D eigenvalue weighted by atomic mass is 10.1. The number of halogens is 1. The van der Waals surface area contributed by atoms with Gasteiger partial charge < -0.3 is 15.0 Å². The number of carbonyl (C=O) groups is 2. The molecule has 0 spiro atoms. The fourth-order valence-electron chi connectivity index (χ4n) is 1.63. The summed E-state index contributed by atoms with van der Waals surface area (Å²) in [5, 5.41) is 2.62. The molecule has 0 saturated carbocycles. The lowest BCUT2D eigenvalue weighted by Crippen LogP contribution is -2.42. The van der Waals surface area contributed by atoms with Crippen LogP contribution >= 0.6 is 15.9 Å². The van der Waals surface area contributed by atoms with E-state index in [0.717, 1.165) is 4.47 Å². The van der Waals surface area contributed by atoms with Crippen LogP contribution in [0, 0.1) is 0 Å². The summed E-state index contributed by atoms with van der Waals surface area (Å²) in [6.45, 7) is 5.32. The van der Waals surface area contributed by atoms with Gasteiger partial charge in [0.25, 0.3) is 0 Å². The molecule has 0 saturated heterocycles. The highest BCUT2D eigenvalue weighted by atomic mass is 79.9. The number of hydrogen-bond donors (Lipinski definition) is 1. The van der Waals surface area contributed by atoms with Crippen molar-refractivity contribution in [3.05, 3.63) is 34.3 Å². The average molecular weight is 357 g/mol. The predicted octanol–water partition coefficient (Wildman–Crippen LogP) is 3.10. The summed E-state index contributed by atoms with van der Waals surface area (Å²) in [5.74, 6) is -0.219. The molecule has 1 rings (SSSR count). The molecule has 0 unspecified atom stereocenters. The maximum absolute atomic E-state index is 12.3. The van der Waals surface area contributed by atoms with Crippen molar-refractivity contribution in [1.82, 2.24) is 10.2 Å². The van der Waals surface area contributed by atoms with Gasteiger partial charge in [-0.2, -0.15) is 0 Å². The molecular formula is C15H21BrN2O3. The minimum atomic E-state index is -0.775. The highest BCUT2D eigenvalue weighted by Gasteiger charge is 2.26. The van der Waals surface area contributed by atoms with E-state index in [-0.39, 0.29) is 5.91 Å². The van der Waals surface area contributed by atoms with E-state index in [1.807, 2.05) is 12.1 Å². The van der Waals surface area contributed by atoms with E-state index in [4.69, 9.17) is 4.74 Å². The lowest BCUT2D eigenvalue weighted by Gasteiger charge is -2.25. The van der Waals surface area contributed by atoms with Gasteiger partial charge in [0.15, 0.2) is 0 Å². The van der Waals surface area contributed by atoms with E-state index in [2.05, 4.69) is 21.2 Å². The summed E-state index contributed by atoms with van der Waals surface area (Å²) in [4.78, 5) is 25.6. The molecule has 0 fully saturated rings. The standard InChI is InChI=1S/C15H21BrN2O3/c1-15(2,3)21-14(20)17-12(13(19)18(4)5)10-6-8-11(16)9-7-10/h6-9,12H,1-5H3,(H,17,20)/t12-/m1/s1. The monoisotopic (exact) mass is 356 g/mol. The Labute approximate surface area is 133 Å². The molecule has 0 heterocycles. The summed E-state index contributed by atoms with van der Waals surface area (Å²) in [5.41, 5.74) is 0.0814. The largest absolute Gasteiger partial charge is 0.444 e. The molecule has 6 heteroatoms. The van der Waals surface area contributed by atoms with Gasteiger partial charge in [-0.3, -0.25) is 4.79 Å². The van der Waals surface area contributed by atoms with E-state index in [9.17, 15) is 9.59 Å². The molecule has 0 aromatic heterocycles. The van der Waals surface area contributed by atoms with Gasteiger partial charge in [0.1, 0.15) is 11.6 Å². The van der Waals surface area contributed by atoms with Crippen LogP contribution in [0.5, 0.6) is 0 Å². The van der Waals surface area contributed by atoms with Crippen LogP contribution in [-0.4, -0.2) is 36.6 Å². The van der Waals surface area contributed by atoms with E-state index in [1.165, 1.54) is 4.90 Å². The van der Waals surface area contributed by atoms with Gasteiger partial charge in [-0.05, 0) is 38.5 Å². The van der Waals surface area contributed by atoms with Crippen LogP contribution in [0.3, 0.4) is 0 Å². The minimum Gasteiger partial charge on any atom is -0.444 e. The lowest BCUT2D eigenvalue weighted by molar-refractivity contribution is -0.131. The normalized spacial score (nSPS) is 12.5. The van der Waals surface area contributed by atoms with Crippen LogP contribution in [-0.2, 0) is 9.53 Å². The quantitative estimate of drug-likeness (QED) is 0.904. The van der Waals surface area contributed by atoms with Gasteiger partial charge in [-0.15, -0.1) is 0 Å². The number of rotatable bonds is 3. The van der Waals surface area contributed by atoms with Crippen LogP contribution in [0.2, 0.25) is 0 Å². The van der Waals surface area contributed by atoms with Crippen molar-refractivity contribution in [3.63, 3.8) is 0 Å². The number of amides is 2. The summed E-state index contributed by atoms with van der Waals surface area (Å²) in [6, 6.07) is 6.44. The highest BCUT2D eigenvalue weighted by molar-refractivity contribution is 9.10. The van der Waals surface area contributed by atoms with Gasteiger partial charge in [0, 0.05) is 18.6 Å². The molecule has 2 amide bonds. The highest BCUT2D eigenvalue weighted by Crippen LogP contribution is 2.19. The summed E-state index contributed by atoms with van der Waals surface area (Å²) < 4.78 is 6.12. The first kappa shape index (κ1) is 17.5. The third-order valence-corrected chi connectivity index (χ3v) is 3.08. The number of benzene rings is 1. The third kappa shape index (κ3) is 5.75. The van der Waals surface area contributed by atoms with Crippen molar-refractivity contribution in [1.29, 1.82) is 0 Å².